The van der Waals surface area contributed by atoms with Crippen LogP contribution in [-0.4, -0.2) is 39.2 Å². The number of benzene rings is 2. The number of phenolic OH excluding ortho intramolecular Hbond substituents is 1. The molecule has 0 spiro atoms. The van der Waals surface area contributed by atoms with E-state index in [-0.39, 0.29) is 5.75 Å². The van der Waals surface area contributed by atoms with E-state index in [9.17, 15) is 29.7 Å². The second-order valence-corrected chi connectivity index (χ2v) is 7.29. The van der Waals surface area contributed by atoms with Crippen molar-refractivity contribution in [3.05, 3.63) is 58.6 Å². The molecule has 1 aliphatic rings. The number of nitrogens with zero attached hydrogens (tertiary/aromatic N) is 1. The lowest BCUT2D eigenvalue weighted by atomic mass is 9.71. The van der Waals surface area contributed by atoms with E-state index < -0.39 is 42.1 Å². The van der Waals surface area contributed by atoms with Crippen molar-refractivity contribution >= 4 is 35.1 Å². The van der Waals surface area contributed by atoms with Crippen LogP contribution in [0.4, 0.5) is 5.69 Å². The van der Waals surface area contributed by atoms with Gasteiger partial charge >= 0.3 is 11.9 Å². The normalized spacial score (nSPS) is 17.2. The molecule has 1 unspecified atom stereocenters. The third kappa shape index (κ3) is 3.29. The van der Waals surface area contributed by atoms with Crippen LogP contribution in [0.3, 0.4) is 0 Å². The van der Waals surface area contributed by atoms with E-state index in [1.54, 1.807) is 31.2 Å². The summed E-state index contributed by atoms with van der Waals surface area (Å²) in [6, 6.07) is 9.68. The number of amides is 1. The summed E-state index contributed by atoms with van der Waals surface area (Å²) in [5, 5.41) is 29.3. The van der Waals surface area contributed by atoms with Crippen LogP contribution in [0.25, 0.3) is 0 Å². The third-order valence-corrected chi connectivity index (χ3v) is 5.46. The Hall–Kier alpha value is -3.06. The number of rotatable bonds is 5. The number of hydrogen-bond donors (Lipinski definition) is 3. The molecular formula is C20H18ClNO6. The fraction of sp³-hybridized carbons (Fsp3) is 0.250. The molecule has 0 saturated carbocycles. The molecule has 1 aliphatic heterocycles. The summed E-state index contributed by atoms with van der Waals surface area (Å²) in [7, 11) is 0. The molecule has 2 aromatic rings. The smallest absolute Gasteiger partial charge is 0.304 e. The SMILES string of the molecule is CC1N(C(=O)c2ccc(Cl)cc2)c2ccc(O)cc2C1(CC(=O)O)CC(=O)O. The van der Waals surface area contributed by atoms with E-state index in [1.807, 2.05) is 0 Å². The maximum atomic E-state index is 13.2. The molecule has 0 fully saturated rings. The maximum Gasteiger partial charge on any atom is 0.304 e. The largest absolute Gasteiger partial charge is 0.508 e. The van der Waals surface area contributed by atoms with Crippen molar-refractivity contribution in [1.82, 2.24) is 0 Å². The Morgan fingerprint density at radius 1 is 1.04 bits per heavy atom. The lowest BCUT2D eigenvalue weighted by Gasteiger charge is -2.34. The molecule has 28 heavy (non-hydrogen) atoms. The predicted molar refractivity (Wildman–Crippen MR) is 102 cm³/mol. The van der Waals surface area contributed by atoms with Gasteiger partial charge < -0.3 is 20.2 Å². The molecule has 0 bridgehead atoms. The highest BCUT2D eigenvalue weighted by atomic mass is 35.5. The highest BCUT2D eigenvalue weighted by Crippen LogP contribution is 2.51. The van der Waals surface area contributed by atoms with Crippen LogP contribution < -0.4 is 4.90 Å². The predicted octanol–water partition coefficient (Wildman–Crippen LogP) is 3.28. The van der Waals surface area contributed by atoms with E-state index in [0.29, 0.717) is 21.8 Å². The van der Waals surface area contributed by atoms with Crippen LogP contribution in [0, 0.1) is 0 Å². The number of fused-ring (bicyclic) bond motifs is 1. The number of aliphatic carboxylic acids is 2. The van der Waals surface area contributed by atoms with Gasteiger partial charge in [0.2, 0.25) is 0 Å². The zero-order valence-electron chi connectivity index (χ0n) is 14.9. The van der Waals surface area contributed by atoms with E-state index in [4.69, 9.17) is 11.6 Å². The molecule has 146 valence electrons. The van der Waals surface area contributed by atoms with E-state index in [2.05, 4.69) is 0 Å². The van der Waals surface area contributed by atoms with E-state index in [0.717, 1.165) is 0 Å². The number of carboxylic acids is 2. The van der Waals surface area contributed by atoms with Crippen molar-refractivity contribution in [2.75, 3.05) is 4.90 Å². The van der Waals surface area contributed by atoms with Crippen molar-refractivity contribution in [3.8, 4) is 5.75 Å². The Morgan fingerprint density at radius 3 is 2.14 bits per heavy atom. The molecule has 1 atom stereocenters. The van der Waals surface area contributed by atoms with Crippen LogP contribution in [-0.2, 0) is 15.0 Å². The fourth-order valence-electron chi connectivity index (χ4n) is 3.92. The number of anilines is 1. The fourth-order valence-corrected chi connectivity index (χ4v) is 4.04. The number of hydrogen-bond acceptors (Lipinski definition) is 4. The van der Waals surface area contributed by atoms with Crippen LogP contribution in [0.15, 0.2) is 42.5 Å². The minimum absolute atomic E-state index is 0.133. The van der Waals surface area contributed by atoms with Crippen molar-refractivity contribution in [2.45, 2.75) is 31.2 Å². The van der Waals surface area contributed by atoms with E-state index >= 15 is 0 Å². The van der Waals surface area contributed by atoms with Gasteiger partial charge in [0.15, 0.2) is 0 Å². The Labute approximate surface area is 165 Å². The van der Waals surface area contributed by atoms with Gasteiger partial charge in [-0.05, 0) is 55.0 Å². The average Bonchev–Trinajstić information content (AvgIpc) is 2.82. The number of aromatic hydroxyl groups is 1. The molecule has 7 nitrogen and oxygen atoms in total. The molecule has 3 N–H and O–H groups in total. The van der Waals surface area contributed by atoms with Crippen molar-refractivity contribution < 1.29 is 29.7 Å². The van der Waals surface area contributed by atoms with E-state index in [1.165, 1.54) is 23.1 Å². The first-order valence-corrected chi connectivity index (χ1v) is 8.90. The van der Waals surface area contributed by atoms with Crippen LogP contribution in [0.5, 0.6) is 5.75 Å². The Bertz CT molecular complexity index is 940. The first-order valence-electron chi connectivity index (χ1n) is 8.52. The molecule has 0 saturated heterocycles. The molecule has 0 aromatic heterocycles. The molecular weight excluding hydrogens is 386 g/mol. The van der Waals surface area contributed by atoms with Crippen LogP contribution in [0.1, 0.15) is 35.7 Å². The highest BCUT2D eigenvalue weighted by Gasteiger charge is 2.53. The summed E-state index contributed by atoms with van der Waals surface area (Å²) in [6.45, 7) is 1.62. The summed E-state index contributed by atoms with van der Waals surface area (Å²) >= 11 is 5.88. The zero-order valence-corrected chi connectivity index (χ0v) is 15.7. The van der Waals surface area contributed by atoms with Crippen LogP contribution in [0.2, 0.25) is 5.02 Å². The quantitative estimate of drug-likeness (QED) is 0.705. The summed E-state index contributed by atoms with van der Waals surface area (Å²) in [5.74, 6) is -2.92. The number of phenols is 1. The minimum Gasteiger partial charge on any atom is -0.508 e. The van der Waals surface area contributed by atoms with Gasteiger partial charge in [0, 0.05) is 27.7 Å². The molecule has 0 radical (unpaired) electrons. The first-order chi connectivity index (χ1) is 13.2. The van der Waals surface area contributed by atoms with Gasteiger partial charge in [-0.1, -0.05) is 11.6 Å². The lowest BCUT2D eigenvalue weighted by molar-refractivity contribution is -0.141. The molecule has 2 aromatic carbocycles. The van der Waals surface area contributed by atoms with Gasteiger partial charge in [-0.2, -0.15) is 0 Å². The van der Waals surface area contributed by atoms with Crippen LogP contribution >= 0.6 is 11.6 Å². The molecule has 0 aliphatic carbocycles. The summed E-state index contributed by atoms with van der Waals surface area (Å²) in [4.78, 5) is 37.8. The van der Waals surface area contributed by atoms with Crippen molar-refractivity contribution in [1.29, 1.82) is 0 Å². The average molecular weight is 404 g/mol. The molecule has 8 heteroatoms. The molecule has 1 amide bonds. The number of halogens is 1. The molecule has 1 heterocycles. The topological polar surface area (TPSA) is 115 Å². The number of carbonyl (C=O) groups excluding carboxylic acids is 1. The lowest BCUT2D eigenvalue weighted by Crippen LogP contribution is -2.47. The maximum absolute atomic E-state index is 13.2. The Balaban J connectivity index is 2.18. The van der Waals surface area contributed by atoms with Gasteiger partial charge in [-0.15, -0.1) is 0 Å². The Kier molecular flexibility index (Phi) is 5.04. The first kappa shape index (κ1) is 19.7. The second-order valence-electron chi connectivity index (χ2n) is 6.86. The highest BCUT2D eigenvalue weighted by molar-refractivity contribution is 6.30. The van der Waals surface area contributed by atoms with Gasteiger partial charge in [0.25, 0.3) is 5.91 Å². The monoisotopic (exact) mass is 403 g/mol. The van der Waals surface area contributed by atoms with Crippen molar-refractivity contribution in [3.63, 3.8) is 0 Å². The summed E-state index contributed by atoms with van der Waals surface area (Å²) in [6.07, 6.45) is -0.997. The Morgan fingerprint density at radius 2 is 1.61 bits per heavy atom. The van der Waals surface area contributed by atoms with Gasteiger partial charge in [-0.25, -0.2) is 0 Å². The minimum atomic E-state index is -1.38. The van der Waals surface area contributed by atoms with Gasteiger partial charge in [0.1, 0.15) is 5.75 Å². The standard InChI is InChI=1S/C20H18ClNO6/c1-11-20(9-17(24)25,10-18(26)27)15-8-14(23)6-7-16(15)22(11)19(28)12-2-4-13(21)5-3-12/h2-8,11,23H,9-10H2,1H3,(H,24,25)(H,26,27). The third-order valence-electron chi connectivity index (χ3n) is 5.21. The molecule has 3 rings (SSSR count). The van der Waals surface area contributed by atoms with Gasteiger partial charge in [-0.3, -0.25) is 14.4 Å². The number of carboxylic acid groups (broad SMARTS) is 2. The summed E-state index contributed by atoms with van der Waals surface area (Å²) < 4.78 is 0. The van der Waals surface area contributed by atoms with Crippen molar-refractivity contribution in [2.24, 2.45) is 0 Å². The number of carbonyl (C=O) groups is 3. The summed E-state index contributed by atoms with van der Waals surface area (Å²) in [5.41, 5.74) is -0.343. The zero-order chi connectivity index (χ0) is 20.6. The second kappa shape index (κ2) is 7.16. The van der Waals surface area contributed by atoms with Gasteiger partial charge in [0.05, 0.1) is 12.8 Å².